The molecule has 23 rings (SSSR count). The summed E-state index contributed by atoms with van der Waals surface area (Å²) in [7, 11) is 0. The van der Waals surface area contributed by atoms with Gasteiger partial charge in [0.25, 0.3) is 0 Å². The first-order valence-electron chi connectivity index (χ1n) is 40.4. The molecule has 6 aromatic heterocycles. The Kier molecular flexibility index (Phi) is 17.8. The van der Waals surface area contributed by atoms with Gasteiger partial charge in [0.05, 0.1) is 45.2 Å². The molecule has 0 bridgehead atoms. The third kappa shape index (κ3) is 13.2. The third-order valence-corrected chi connectivity index (χ3v) is 23.0. The molecule has 0 unspecified atom stereocenters. The number of hydrogen-bond donors (Lipinski definition) is 0. The van der Waals surface area contributed by atoms with Crippen LogP contribution in [-0.4, -0.2) is 29.9 Å². The fourth-order valence-corrected chi connectivity index (χ4v) is 17.0. The van der Waals surface area contributed by atoms with E-state index in [1.807, 2.05) is 84.9 Å². The number of benzene rings is 17. The van der Waals surface area contributed by atoms with E-state index in [1.165, 1.54) is 21.9 Å². The van der Waals surface area contributed by atoms with Gasteiger partial charge in [-0.3, -0.25) is 0 Å². The van der Waals surface area contributed by atoms with E-state index in [2.05, 4.69) is 340 Å². The summed E-state index contributed by atoms with van der Waals surface area (Å²) in [6.07, 6.45) is 0. The van der Waals surface area contributed by atoms with Gasteiger partial charge in [-0.25, -0.2) is 29.9 Å². The Labute approximate surface area is 692 Å². The second-order valence-corrected chi connectivity index (χ2v) is 30.3. The van der Waals surface area contributed by atoms with E-state index >= 15 is 0 Å². The van der Waals surface area contributed by atoms with Crippen molar-refractivity contribution in [1.29, 1.82) is 0 Å². The monoisotopic (exact) mass is 1530 g/mol. The third-order valence-electron chi connectivity index (χ3n) is 23.0. The van der Waals surface area contributed by atoms with Crippen molar-refractivity contribution in [3.8, 4) is 146 Å². The minimum Gasteiger partial charge on any atom is -0.456 e. The van der Waals surface area contributed by atoms with Gasteiger partial charge in [0.1, 0.15) is 22.3 Å². The van der Waals surface area contributed by atoms with Gasteiger partial charge in [0, 0.05) is 98.4 Å². The van der Waals surface area contributed by atoms with E-state index in [0.717, 1.165) is 200 Å². The van der Waals surface area contributed by atoms with Gasteiger partial charge in [-0.2, -0.15) is 0 Å². The van der Waals surface area contributed by atoms with Crippen LogP contribution in [0.25, 0.3) is 233 Å². The first-order chi connectivity index (χ1) is 59.4. The lowest BCUT2D eigenvalue weighted by atomic mass is 9.95. The molecule has 0 spiro atoms. The normalized spacial score (nSPS) is 11.5. The quantitative estimate of drug-likeness (QED) is 0.105. The van der Waals surface area contributed by atoms with E-state index in [0.29, 0.717) is 11.6 Å². The van der Waals surface area contributed by atoms with Crippen molar-refractivity contribution in [2.75, 3.05) is 0 Å². The number of furan rings is 2. The maximum Gasteiger partial charge on any atom is 0.160 e. The molecule has 0 aliphatic carbocycles. The molecule has 0 saturated heterocycles. The highest BCUT2D eigenvalue weighted by Crippen LogP contribution is 2.46. The molecular weight excluding hydrogens is 1460 g/mol. The zero-order valence-corrected chi connectivity index (χ0v) is 64.9. The summed E-state index contributed by atoms with van der Waals surface area (Å²) in [5.41, 5.74) is 30.9. The molecular formula is C112H70N6O2. The Morgan fingerprint density at radius 1 is 0.142 bits per heavy atom. The smallest absolute Gasteiger partial charge is 0.160 e. The predicted molar refractivity (Wildman–Crippen MR) is 495 cm³/mol. The molecule has 0 saturated carbocycles. The Morgan fingerprint density at radius 3 is 0.717 bits per heavy atom. The number of pyridine rings is 2. The SMILES string of the molecule is c1ccc(-c2cc(-c3ccc(-c4ccc(-c5ccc(-c6ccc7oc8ccc9c(-c%10ccccc%10)nc%10ccccc%10c9c8c7c6)cc5)cc4)cc3)nc(-c3ccccc3)n2)cc1.c1ccc(-c2cc(-c3ccccc3)nc(-c3ccc(-c4ccc(-c5ccc6oc7ccc8c(-c9ccccc9)nc9ccccc9c8c7c6c5)cc4)cc3)n2)cc1. The average molecular weight is 1530 g/mol. The van der Waals surface area contributed by atoms with Gasteiger partial charge in [0.15, 0.2) is 11.6 Å². The Morgan fingerprint density at radius 2 is 0.383 bits per heavy atom. The highest BCUT2D eigenvalue weighted by molar-refractivity contribution is 6.30. The van der Waals surface area contributed by atoms with Gasteiger partial charge in [-0.05, 0) is 128 Å². The van der Waals surface area contributed by atoms with E-state index in [1.54, 1.807) is 0 Å². The zero-order chi connectivity index (χ0) is 79.4. The molecule has 0 aliphatic rings. The molecule has 560 valence electrons. The van der Waals surface area contributed by atoms with Gasteiger partial charge >= 0.3 is 0 Å². The molecule has 0 amide bonds. The van der Waals surface area contributed by atoms with Crippen LogP contribution in [0.1, 0.15) is 0 Å². The number of hydrogen-bond acceptors (Lipinski definition) is 8. The molecule has 0 atom stereocenters. The zero-order valence-electron chi connectivity index (χ0n) is 64.9. The lowest BCUT2D eigenvalue weighted by Crippen LogP contribution is -1.95. The first-order valence-corrected chi connectivity index (χ1v) is 40.4. The summed E-state index contributed by atoms with van der Waals surface area (Å²) >= 11 is 0. The van der Waals surface area contributed by atoms with E-state index < -0.39 is 0 Å². The van der Waals surface area contributed by atoms with Crippen LogP contribution < -0.4 is 0 Å². The minimum absolute atomic E-state index is 0.701. The topological polar surface area (TPSA) is 104 Å². The molecule has 0 aliphatic heterocycles. The summed E-state index contributed by atoms with van der Waals surface area (Å²) in [6.45, 7) is 0. The largest absolute Gasteiger partial charge is 0.456 e. The predicted octanol–water partition coefficient (Wildman–Crippen LogP) is 29.8. The second kappa shape index (κ2) is 30.2. The second-order valence-electron chi connectivity index (χ2n) is 30.3. The standard InChI is InChI=1S/C59H37N3O.C53H33N3O/c1-4-12-43(13-5-1)52-37-53(62-59(61-52)46-16-8-3-9-17-46)44-30-28-41(29-31-44)39-22-20-38(21-23-39)40-24-26-42(27-25-40)47-32-34-54-50(36-47)57-55(63-54)35-33-49-56(57)48-18-10-11-19-51(48)60-58(49)45-14-6-2-7-15-45;1-4-12-37(13-5-1)46-33-47(38-14-6-2-7-15-38)56-53(55-46)40-26-24-35(25-27-40)34-20-22-36(23-21-34)41-28-30-48-44(32-41)51-49(57-48)31-29-43-50(51)42-18-10-11-19-45(42)54-52(43)39-16-8-3-9-17-39/h1-37H;1-33H. The summed E-state index contributed by atoms with van der Waals surface area (Å²) in [5.74, 6) is 1.42. The van der Waals surface area contributed by atoms with Crippen LogP contribution in [0.3, 0.4) is 0 Å². The first kappa shape index (κ1) is 70.5. The highest BCUT2D eigenvalue weighted by Gasteiger charge is 2.22. The number of aromatic nitrogens is 6. The van der Waals surface area contributed by atoms with Crippen LogP contribution in [0.2, 0.25) is 0 Å². The minimum atomic E-state index is 0.701. The van der Waals surface area contributed by atoms with Crippen LogP contribution >= 0.6 is 0 Å². The van der Waals surface area contributed by atoms with Crippen molar-refractivity contribution < 1.29 is 8.83 Å². The molecule has 8 heteroatoms. The number of para-hydroxylation sites is 2. The van der Waals surface area contributed by atoms with Crippen molar-refractivity contribution in [1.82, 2.24) is 29.9 Å². The van der Waals surface area contributed by atoms with Gasteiger partial charge in [0.2, 0.25) is 0 Å². The number of nitrogens with zero attached hydrogens (tertiary/aromatic N) is 6. The maximum atomic E-state index is 6.50. The van der Waals surface area contributed by atoms with E-state index in [9.17, 15) is 0 Å². The fraction of sp³-hybridized carbons (Fsp3) is 0. The molecule has 8 nitrogen and oxygen atoms in total. The molecule has 120 heavy (non-hydrogen) atoms. The lowest BCUT2D eigenvalue weighted by molar-refractivity contribution is 0.669. The fourth-order valence-electron chi connectivity index (χ4n) is 17.0. The summed E-state index contributed by atoms with van der Waals surface area (Å²) in [4.78, 5) is 30.3. The van der Waals surface area contributed by atoms with Crippen LogP contribution in [0.4, 0.5) is 0 Å². The van der Waals surface area contributed by atoms with Crippen molar-refractivity contribution in [3.63, 3.8) is 0 Å². The summed E-state index contributed by atoms with van der Waals surface area (Å²) in [5, 5.41) is 11.2. The van der Waals surface area contributed by atoms with Crippen molar-refractivity contribution in [2.24, 2.45) is 0 Å². The van der Waals surface area contributed by atoms with Gasteiger partial charge < -0.3 is 8.83 Å². The molecule has 0 fully saturated rings. The van der Waals surface area contributed by atoms with Crippen molar-refractivity contribution in [3.05, 3.63) is 425 Å². The van der Waals surface area contributed by atoms with Crippen molar-refractivity contribution >= 4 is 87.2 Å². The maximum absolute atomic E-state index is 6.50. The average Bonchev–Trinajstić information content (AvgIpc) is 1.53. The van der Waals surface area contributed by atoms with Crippen LogP contribution in [0.5, 0.6) is 0 Å². The van der Waals surface area contributed by atoms with Crippen LogP contribution in [0, 0.1) is 0 Å². The van der Waals surface area contributed by atoms with E-state index in [-0.39, 0.29) is 0 Å². The lowest BCUT2D eigenvalue weighted by Gasteiger charge is -2.11. The van der Waals surface area contributed by atoms with E-state index in [4.69, 9.17) is 38.7 Å². The van der Waals surface area contributed by atoms with Gasteiger partial charge in [-0.1, -0.05) is 352 Å². The Hall–Kier alpha value is -16.2. The number of fused-ring (bicyclic) bond motifs is 14. The summed E-state index contributed by atoms with van der Waals surface area (Å²) in [6, 6.07) is 148. The van der Waals surface area contributed by atoms with Crippen LogP contribution in [-0.2, 0) is 0 Å². The Balaban J connectivity index is 0.000000145. The molecule has 23 aromatic rings. The molecule has 0 N–H and O–H groups in total. The molecule has 6 heterocycles. The van der Waals surface area contributed by atoms with Gasteiger partial charge in [-0.15, -0.1) is 0 Å². The Bertz CT molecular complexity index is 7690. The van der Waals surface area contributed by atoms with Crippen LogP contribution in [0.15, 0.2) is 433 Å². The molecule has 17 aromatic carbocycles. The summed E-state index contributed by atoms with van der Waals surface area (Å²) < 4.78 is 13.0. The molecule has 0 radical (unpaired) electrons. The number of rotatable bonds is 13. The van der Waals surface area contributed by atoms with Crippen molar-refractivity contribution in [2.45, 2.75) is 0 Å². The highest BCUT2D eigenvalue weighted by atomic mass is 16.3.